The molecule has 8 nitrogen and oxygen atoms in total. The predicted molar refractivity (Wildman–Crippen MR) is 130 cm³/mol. The number of fused-ring (bicyclic) bond motifs is 3. The van der Waals surface area contributed by atoms with Gasteiger partial charge in [0.2, 0.25) is 11.7 Å². The van der Waals surface area contributed by atoms with Gasteiger partial charge in [-0.15, -0.1) is 10.2 Å². The molecule has 9 heteroatoms. The fraction of sp³-hybridized carbons (Fsp3) is 0.333. The zero-order valence-corrected chi connectivity index (χ0v) is 20.0. The minimum absolute atomic E-state index is 0.0428. The summed E-state index contributed by atoms with van der Waals surface area (Å²) in [6, 6.07) is 13.7. The lowest BCUT2D eigenvalue weighted by atomic mass is 10.1. The third kappa shape index (κ3) is 4.88. The Labute approximate surface area is 196 Å². The molecule has 4 aromatic rings. The Morgan fingerprint density at radius 3 is 2.76 bits per heavy atom. The van der Waals surface area contributed by atoms with E-state index >= 15 is 0 Å². The van der Waals surface area contributed by atoms with Crippen LogP contribution in [0, 0.1) is 6.92 Å². The van der Waals surface area contributed by atoms with Crippen molar-refractivity contribution in [3.8, 4) is 5.75 Å². The monoisotopic (exact) mass is 465 g/mol. The Morgan fingerprint density at radius 1 is 1.18 bits per heavy atom. The van der Waals surface area contributed by atoms with Gasteiger partial charge in [0.15, 0.2) is 5.16 Å². The van der Waals surface area contributed by atoms with Crippen LogP contribution in [0.2, 0.25) is 0 Å². The van der Waals surface area contributed by atoms with E-state index in [-0.39, 0.29) is 30.5 Å². The number of aromatic nitrogens is 4. The van der Waals surface area contributed by atoms with Gasteiger partial charge in [0.1, 0.15) is 5.75 Å². The molecule has 0 aliphatic carbocycles. The number of nitrogens with zero attached hydrogens (tertiary/aromatic N) is 4. The molecule has 2 aromatic heterocycles. The van der Waals surface area contributed by atoms with Crippen LogP contribution < -0.4 is 15.6 Å². The number of rotatable bonds is 8. The minimum atomic E-state index is -0.171. The summed E-state index contributed by atoms with van der Waals surface area (Å²) in [5, 5.41) is 12.9. The summed E-state index contributed by atoms with van der Waals surface area (Å²) in [7, 11) is 1.65. The van der Waals surface area contributed by atoms with Crippen LogP contribution in [0.5, 0.6) is 5.75 Å². The van der Waals surface area contributed by atoms with E-state index in [0.29, 0.717) is 22.1 Å². The summed E-state index contributed by atoms with van der Waals surface area (Å²) in [4.78, 5) is 25.5. The highest BCUT2D eigenvalue weighted by molar-refractivity contribution is 7.98. The first-order valence-corrected chi connectivity index (χ1v) is 11.8. The van der Waals surface area contributed by atoms with Gasteiger partial charge in [-0.25, -0.2) is 0 Å². The molecule has 0 bridgehead atoms. The molecular weight excluding hydrogens is 438 g/mol. The summed E-state index contributed by atoms with van der Waals surface area (Å²) in [5.41, 5.74) is 2.66. The average Bonchev–Trinajstić information content (AvgIpc) is 3.21. The molecule has 0 spiro atoms. The highest BCUT2D eigenvalue weighted by Gasteiger charge is 2.18. The molecule has 0 fully saturated rings. The maximum atomic E-state index is 13.3. The highest BCUT2D eigenvalue weighted by atomic mass is 32.2. The summed E-state index contributed by atoms with van der Waals surface area (Å²) in [5.74, 6) is 1.79. The van der Waals surface area contributed by atoms with E-state index in [9.17, 15) is 9.59 Å². The molecule has 2 aromatic carbocycles. The lowest BCUT2D eigenvalue weighted by Crippen LogP contribution is -2.32. The summed E-state index contributed by atoms with van der Waals surface area (Å²) in [6.45, 7) is 5.99. The molecule has 0 aliphatic rings. The van der Waals surface area contributed by atoms with Crippen LogP contribution in [0.1, 0.15) is 31.4 Å². The molecule has 33 heavy (non-hydrogen) atoms. The van der Waals surface area contributed by atoms with Crippen molar-refractivity contribution in [3.63, 3.8) is 0 Å². The topological polar surface area (TPSA) is 90.5 Å². The van der Waals surface area contributed by atoms with E-state index in [1.165, 1.54) is 11.8 Å². The van der Waals surface area contributed by atoms with Crippen LogP contribution >= 0.6 is 11.8 Å². The SMILES string of the molecule is COc1cccc(CSc2nnc3n(CCC(=O)NC(C)C)c(=O)c4cc(C)ccc4n23)c1. The van der Waals surface area contributed by atoms with Gasteiger partial charge in [0, 0.05) is 24.8 Å². The number of amides is 1. The van der Waals surface area contributed by atoms with Gasteiger partial charge in [0.05, 0.1) is 18.0 Å². The van der Waals surface area contributed by atoms with Gasteiger partial charge in [0.25, 0.3) is 5.56 Å². The third-order valence-electron chi connectivity index (χ3n) is 5.24. The Morgan fingerprint density at radius 2 is 2.00 bits per heavy atom. The number of hydrogen-bond donors (Lipinski definition) is 1. The molecule has 0 aliphatic heterocycles. The predicted octanol–water partition coefficient (Wildman–Crippen LogP) is 3.57. The van der Waals surface area contributed by atoms with Crippen molar-refractivity contribution in [1.29, 1.82) is 0 Å². The third-order valence-corrected chi connectivity index (χ3v) is 6.24. The molecule has 1 amide bonds. The second kappa shape index (κ2) is 9.66. The van der Waals surface area contributed by atoms with Crippen LogP contribution in [-0.2, 0) is 17.1 Å². The summed E-state index contributed by atoms with van der Waals surface area (Å²) >= 11 is 1.53. The van der Waals surface area contributed by atoms with Crippen LogP contribution in [0.4, 0.5) is 0 Å². The van der Waals surface area contributed by atoms with Crippen LogP contribution in [-0.4, -0.2) is 38.2 Å². The van der Waals surface area contributed by atoms with Gasteiger partial charge in [-0.3, -0.25) is 18.6 Å². The van der Waals surface area contributed by atoms with E-state index in [1.54, 1.807) is 11.7 Å². The molecule has 0 saturated heterocycles. The number of thioether (sulfide) groups is 1. The van der Waals surface area contributed by atoms with Gasteiger partial charge in [-0.1, -0.05) is 35.5 Å². The van der Waals surface area contributed by atoms with Crippen LogP contribution in [0.15, 0.2) is 52.4 Å². The maximum absolute atomic E-state index is 13.3. The van der Waals surface area contributed by atoms with E-state index in [4.69, 9.17) is 4.74 Å². The van der Waals surface area contributed by atoms with Crippen LogP contribution in [0.25, 0.3) is 16.7 Å². The Hall–Kier alpha value is -3.33. The number of nitrogens with one attached hydrogen (secondary N) is 1. The maximum Gasteiger partial charge on any atom is 0.262 e. The molecule has 0 saturated carbocycles. The number of benzene rings is 2. The average molecular weight is 466 g/mol. The second-order valence-electron chi connectivity index (χ2n) is 8.21. The fourth-order valence-corrected chi connectivity index (χ4v) is 4.60. The number of methoxy groups -OCH3 is 1. The molecule has 0 atom stereocenters. The standard InChI is InChI=1S/C24H27N5O3S/c1-15(2)25-21(30)10-11-28-22(31)19-12-16(3)8-9-20(19)29-23(28)26-27-24(29)33-14-17-6-5-7-18(13-17)32-4/h5-9,12-13,15H,10-11,14H2,1-4H3,(H,25,30). The van der Waals surface area contributed by atoms with Crippen LogP contribution in [0.3, 0.4) is 0 Å². The Bertz CT molecular complexity index is 1380. The second-order valence-corrected chi connectivity index (χ2v) is 9.15. The van der Waals surface area contributed by atoms with Crippen molar-refractivity contribution in [1.82, 2.24) is 24.5 Å². The van der Waals surface area contributed by atoms with E-state index in [1.807, 2.05) is 67.6 Å². The first-order valence-electron chi connectivity index (χ1n) is 10.8. The van der Waals surface area contributed by atoms with Crippen molar-refractivity contribution in [2.75, 3.05) is 7.11 Å². The molecule has 172 valence electrons. The minimum Gasteiger partial charge on any atom is -0.497 e. The number of hydrogen-bond acceptors (Lipinski definition) is 6. The van der Waals surface area contributed by atoms with Gasteiger partial charge >= 0.3 is 0 Å². The molecular formula is C24H27N5O3S. The van der Waals surface area contributed by atoms with Gasteiger partial charge in [-0.05, 0) is 50.6 Å². The Balaban J connectivity index is 1.75. The number of carbonyl (C=O) groups is 1. The first-order chi connectivity index (χ1) is 15.9. The van der Waals surface area contributed by atoms with Gasteiger partial charge in [-0.2, -0.15) is 0 Å². The van der Waals surface area contributed by atoms with E-state index in [2.05, 4.69) is 15.5 Å². The van der Waals surface area contributed by atoms with Gasteiger partial charge < -0.3 is 10.1 Å². The van der Waals surface area contributed by atoms with E-state index < -0.39 is 0 Å². The normalized spacial score (nSPS) is 11.4. The van der Waals surface area contributed by atoms with Crippen molar-refractivity contribution in [3.05, 3.63) is 63.9 Å². The molecule has 0 radical (unpaired) electrons. The van der Waals surface area contributed by atoms with Crippen molar-refractivity contribution in [2.45, 2.75) is 50.7 Å². The zero-order chi connectivity index (χ0) is 23.5. The highest BCUT2D eigenvalue weighted by Crippen LogP contribution is 2.26. The van der Waals surface area contributed by atoms with E-state index in [0.717, 1.165) is 22.4 Å². The number of ether oxygens (including phenoxy) is 1. The smallest absolute Gasteiger partial charge is 0.262 e. The summed E-state index contributed by atoms with van der Waals surface area (Å²) in [6.07, 6.45) is 0.185. The van der Waals surface area contributed by atoms with Crippen molar-refractivity contribution < 1.29 is 9.53 Å². The lowest BCUT2D eigenvalue weighted by molar-refractivity contribution is -0.121. The molecule has 1 N–H and O–H groups in total. The zero-order valence-electron chi connectivity index (χ0n) is 19.2. The largest absolute Gasteiger partial charge is 0.497 e. The number of carbonyl (C=O) groups excluding carboxylic acids is 1. The molecule has 4 rings (SSSR count). The molecule has 0 unspecified atom stereocenters. The quantitative estimate of drug-likeness (QED) is 0.400. The first kappa shape index (κ1) is 22.8. The summed E-state index contributed by atoms with van der Waals surface area (Å²) < 4.78 is 8.77. The fourth-order valence-electron chi connectivity index (χ4n) is 3.71. The lowest BCUT2D eigenvalue weighted by Gasteiger charge is -2.13. The molecule has 2 heterocycles. The number of aryl methyl sites for hydroxylation is 2. The van der Waals surface area contributed by atoms with Crippen molar-refractivity contribution in [2.24, 2.45) is 0 Å². The van der Waals surface area contributed by atoms with Crippen molar-refractivity contribution >= 4 is 34.3 Å². The Kier molecular flexibility index (Phi) is 6.69.